The minimum atomic E-state index is -0.550. The van der Waals surface area contributed by atoms with Crippen LogP contribution in [-0.4, -0.2) is 19.1 Å². The van der Waals surface area contributed by atoms with Crippen LogP contribution in [0.2, 0.25) is 0 Å². The van der Waals surface area contributed by atoms with Crippen molar-refractivity contribution in [2.75, 3.05) is 13.2 Å². The molecule has 0 aliphatic carbocycles. The first-order valence-electron chi connectivity index (χ1n) is 6.07. The van der Waals surface area contributed by atoms with Gasteiger partial charge in [0, 0.05) is 6.54 Å². The number of nitrogens with two attached hydrogens (primary N) is 1. The van der Waals surface area contributed by atoms with Crippen LogP contribution < -0.4 is 5.73 Å². The van der Waals surface area contributed by atoms with Crippen LogP contribution in [0.5, 0.6) is 0 Å². The molecule has 96 valence electrons. The number of thiophene rings is 1. The second-order valence-electron chi connectivity index (χ2n) is 4.26. The van der Waals surface area contributed by atoms with E-state index in [-0.39, 0.29) is 5.97 Å². The average molecular weight is 255 g/mol. The van der Waals surface area contributed by atoms with Crippen molar-refractivity contribution < 1.29 is 9.53 Å². The van der Waals surface area contributed by atoms with E-state index in [1.807, 2.05) is 18.4 Å². The van der Waals surface area contributed by atoms with Gasteiger partial charge in [-0.25, -0.2) is 0 Å². The highest BCUT2D eigenvalue weighted by molar-refractivity contribution is 7.07. The van der Waals surface area contributed by atoms with Gasteiger partial charge < -0.3 is 10.5 Å². The number of hydrogen-bond donors (Lipinski definition) is 1. The molecule has 0 aliphatic heterocycles. The molecule has 17 heavy (non-hydrogen) atoms. The Bertz CT molecular complexity index is 337. The molecule has 0 aliphatic rings. The molecule has 4 heteroatoms. The lowest BCUT2D eigenvalue weighted by molar-refractivity contribution is -0.155. The molecule has 0 spiro atoms. The van der Waals surface area contributed by atoms with Gasteiger partial charge in [-0.3, -0.25) is 4.79 Å². The molecule has 1 aromatic heterocycles. The summed E-state index contributed by atoms with van der Waals surface area (Å²) in [6.45, 7) is 4.65. The third kappa shape index (κ3) is 3.54. The number of ether oxygens (including phenoxy) is 1. The minimum Gasteiger partial charge on any atom is -0.466 e. The molecule has 0 radical (unpaired) electrons. The maximum absolute atomic E-state index is 12.1. The quantitative estimate of drug-likeness (QED) is 0.762. The minimum absolute atomic E-state index is 0.157. The lowest BCUT2D eigenvalue weighted by Gasteiger charge is -2.29. The Morgan fingerprint density at radius 2 is 2.29 bits per heavy atom. The van der Waals surface area contributed by atoms with E-state index >= 15 is 0 Å². The highest BCUT2D eigenvalue weighted by Gasteiger charge is 2.37. The Hall–Kier alpha value is -0.870. The molecule has 0 aromatic carbocycles. The SMILES string of the molecule is CCCC(CN)(Cc1ccsc1)C(=O)OCC. The fraction of sp³-hybridized carbons (Fsp3) is 0.615. The summed E-state index contributed by atoms with van der Waals surface area (Å²) in [5.41, 5.74) is 6.46. The smallest absolute Gasteiger partial charge is 0.313 e. The Kier molecular flexibility index (Phi) is 5.65. The van der Waals surface area contributed by atoms with E-state index in [9.17, 15) is 4.79 Å². The summed E-state index contributed by atoms with van der Waals surface area (Å²) in [5, 5.41) is 4.09. The number of carbonyl (C=O) groups is 1. The highest BCUT2D eigenvalue weighted by Crippen LogP contribution is 2.30. The molecule has 2 N–H and O–H groups in total. The molecular weight excluding hydrogens is 234 g/mol. The summed E-state index contributed by atoms with van der Waals surface area (Å²) >= 11 is 1.64. The van der Waals surface area contributed by atoms with Gasteiger partial charge >= 0.3 is 5.97 Å². The van der Waals surface area contributed by atoms with Crippen LogP contribution in [0.3, 0.4) is 0 Å². The topological polar surface area (TPSA) is 52.3 Å². The summed E-state index contributed by atoms with van der Waals surface area (Å²) in [7, 11) is 0. The fourth-order valence-corrected chi connectivity index (χ4v) is 2.74. The van der Waals surface area contributed by atoms with Gasteiger partial charge in [-0.05, 0) is 42.2 Å². The molecule has 0 saturated carbocycles. The monoisotopic (exact) mass is 255 g/mol. The van der Waals surface area contributed by atoms with Gasteiger partial charge in [0.1, 0.15) is 0 Å². The van der Waals surface area contributed by atoms with E-state index in [1.54, 1.807) is 11.3 Å². The summed E-state index contributed by atoms with van der Waals surface area (Å²) in [6.07, 6.45) is 2.39. The summed E-state index contributed by atoms with van der Waals surface area (Å²) in [5.74, 6) is -0.157. The fourth-order valence-electron chi connectivity index (χ4n) is 2.07. The molecule has 1 unspecified atom stereocenters. The van der Waals surface area contributed by atoms with Gasteiger partial charge in [-0.15, -0.1) is 0 Å². The summed E-state index contributed by atoms with van der Waals surface area (Å²) in [6, 6.07) is 2.05. The normalized spacial score (nSPS) is 14.3. The van der Waals surface area contributed by atoms with Crippen LogP contribution in [-0.2, 0) is 16.0 Å². The molecule has 1 rings (SSSR count). The Labute approximate surface area is 107 Å². The highest BCUT2D eigenvalue weighted by atomic mass is 32.1. The van der Waals surface area contributed by atoms with E-state index in [1.165, 1.54) is 5.56 Å². The first-order valence-corrected chi connectivity index (χ1v) is 7.01. The predicted molar refractivity (Wildman–Crippen MR) is 71.1 cm³/mol. The number of esters is 1. The van der Waals surface area contributed by atoms with Crippen LogP contribution in [0.4, 0.5) is 0 Å². The number of carbonyl (C=O) groups excluding carboxylic acids is 1. The van der Waals surface area contributed by atoms with E-state index in [0.717, 1.165) is 12.8 Å². The second kappa shape index (κ2) is 6.77. The first-order chi connectivity index (χ1) is 8.18. The summed E-state index contributed by atoms with van der Waals surface area (Å²) < 4.78 is 5.18. The van der Waals surface area contributed by atoms with Crippen molar-refractivity contribution in [2.24, 2.45) is 11.1 Å². The van der Waals surface area contributed by atoms with E-state index in [4.69, 9.17) is 10.5 Å². The van der Waals surface area contributed by atoms with E-state index in [0.29, 0.717) is 19.6 Å². The van der Waals surface area contributed by atoms with Gasteiger partial charge in [0.25, 0.3) is 0 Å². The summed E-state index contributed by atoms with van der Waals surface area (Å²) in [4.78, 5) is 12.1. The van der Waals surface area contributed by atoms with Crippen LogP contribution in [0.15, 0.2) is 16.8 Å². The molecule has 1 aromatic rings. The molecule has 1 atom stereocenters. The van der Waals surface area contributed by atoms with Crippen molar-refractivity contribution in [3.05, 3.63) is 22.4 Å². The molecule has 0 amide bonds. The van der Waals surface area contributed by atoms with Crippen molar-refractivity contribution in [3.63, 3.8) is 0 Å². The van der Waals surface area contributed by atoms with Gasteiger partial charge in [0.15, 0.2) is 0 Å². The van der Waals surface area contributed by atoms with Crippen molar-refractivity contribution in [2.45, 2.75) is 33.1 Å². The van der Waals surface area contributed by atoms with Gasteiger partial charge in [0.2, 0.25) is 0 Å². The number of hydrogen-bond acceptors (Lipinski definition) is 4. The van der Waals surface area contributed by atoms with Crippen LogP contribution >= 0.6 is 11.3 Å². The third-order valence-corrected chi connectivity index (χ3v) is 3.68. The Morgan fingerprint density at radius 3 is 2.76 bits per heavy atom. The maximum Gasteiger partial charge on any atom is 0.313 e. The van der Waals surface area contributed by atoms with Crippen molar-refractivity contribution >= 4 is 17.3 Å². The zero-order valence-corrected chi connectivity index (χ0v) is 11.4. The van der Waals surface area contributed by atoms with Crippen LogP contribution in [0.1, 0.15) is 32.3 Å². The largest absolute Gasteiger partial charge is 0.466 e. The Balaban J connectivity index is 2.87. The molecule has 3 nitrogen and oxygen atoms in total. The Morgan fingerprint density at radius 1 is 1.53 bits per heavy atom. The zero-order valence-electron chi connectivity index (χ0n) is 10.6. The maximum atomic E-state index is 12.1. The van der Waals surface area contributed by atoms with E-state index in [2.05, 4.69) is 12.3 Å². The molecule has 0 bridgehead atoms. The average Bonchev–Trinajstić information content (AvgIpc) is 2.81. The lowest BCUT2D eigenvalue weighted by atomic mass is 9.78. The van der Waals surface area contributed by atoms with Crippen LogP contribution in [0, 0.1) is 5.41 Å². The lowest BCUT2D eigenvalue weighted by Crippen LogP contribution is -2.41. The van der Waals surface area contributed by atoms with Crippen molar-refractivity contribution in [3.8, 4) is 0 Å². The van der Waals surface area contributed by atoms with Gasteiger partial charge in [-0.2, -0.15) is 11.3 Å². The standard InChI is InChI=1S/C13H21NO2S/c1-3-6-13(10-14,12(15)16-4-2)8-11-5-7-17-9-11/h5,7,9H,3-4,6,8,10,14H2,1-2H3. The predicted octanol–water partition coefficient (Wildman–Crippen LogP) is 2.60. The van der Waals surface area contributed by atoms with Crippen molar-refractivity contribution in [1.82, 2.24) is 0 Å². The van der Waals surface area contributed by atoms with Gasteiger partial charge in [0.05, 0.1) is 12.0 Å². The molecule has 1 heterocycles. The van der Waals surface area contributed by atoms with E-state index < -0.39 is 5.41 Å². The first kappa shape index (κ1) is 14.2. The molecule has 0 saturated heterocycles. The third-order valence-electron chi connectivity index (χ3n) is 2.95. The number of rotatable bonds is 7. The zero-order chi connectivity index (χ0) is 12.7. The van der Waals surface area contributed by atoms with Crippen molar-refractivity contribution in [1.29, 1.82) is 0 Å². The van der Waals surface area contributed by atoms with Gasteiger partial charge in [-0.1, -0.05) is 13.3 Å². The molecular formula is C13H21NO2S. The van der Waals surface area contributed by atoms with Crippen LogP contribution in [0.25, 0.3) is 0 Å². The molecule has 0 fully saturated rings. The second-order valence-corrected chi connectivity index (χ2v) is 5.04.